The van der Waals surface area contributed by atoms with Crippen LogP contribution in [0.2, 0.25) is 0 Å². The van der Waals surface area contributed by atoms with E-state index >= 15 is 0 Å². The fourth-order valence-electron chi connectivity index (χ4n) is 1.16. The van der Waals surface area contributed by atoms with Gasteiger partial charge in [-0.1, -0.05) is 48.6 Å². The SMILES string of the molecule is C1=CC=CNC=C1.NC(=O)C1C=CC=CC=C1. The molecule has 0 atom stereocenters. The van der Waals surface area contributed by atoms with Crippen LogP contribution in [-0.4, -0.2) is 5.91 Å². The summed E-state index contributed by atoms with van der Waals surface area (Å²) >= 11 is 0. The van der Waals surface area contributed by atoms with Crippen LogP contribution in [-0.2, 0) is 4.79 Å². The summed E-state index contributed by atoms with van der Waals surface area (Å²) in [5.74, 6) is -0.550. The molecular weight excluding hydrogens is 212 g/mol. The molecule has 0 aromatic heterocycles. The normalized spacial score (nSPS) is 16.7. The maximum Gasteiger partial charge on any atom is 0.228 e. The molecule has 3 nitrogen and oxygen atoms in total. The number of hydrogen-bond donors (Lipinski definition) is 2. The number of nitrogens with two attached hydrogens (primary N) is 1. The van der Waals surface area contributed by atoms with E-state index in [-0.39, 0.29) is 11.8 Å². The third-order valence-corrected chi connectivity index (χ3v) is 2.02. The number of rotatable bonds is 1. The van der Waals surface area contributed by atoms with Crippen LogP contribution in [0.4, 0.5) is 0 Å². The van der Waals surface area contributed by atoms with Gasteiger partial charge in [0.15, 0.2) is 0 Å². The smallest absolute Gasteiger partial charge is 0.228 e. The van der Waals surface area contributed by atoms with Gasteiger partial charge in [-0.25, -0.2) is 0 Å². The van der Waals surface area contributed by atoms with Crippen LogP contribution >= 0.6 is 0 Å². The second-order valence-electron chi connectivity index (χ2n) is 3.35. The quantitative estimate of drug-likeness (QED) is 0.720. The van der Waals surface area contributed by atoms with E-state index in [2.05, 4.69) is 5.32 Å². The standard InChI is InChI=1S/C8H9NO.C6H7N/c9-8(10)7-5-3-1-2-4-6-7;1-2-4-6-7-5-3-1/h1-7H,(H2,9,10);1-7H. The number of carbonyl (C=O) groups is 1. The highest BCUT2D eigenvalue weighted by molar-refractivity contribution is 5.80. The molecule has 17 heavy (non-hydrogen) atoms. The molecule has 1 aliphatic heterocycles. The highest BCUT2D eigenvalue weighted by Crippen LogP contribution is 2.03. The minimum Gasteiger partial charge on any atom is -0.369 e. The molecule has 0 saturated heterocycles. The van der Waals surface area contributed by atoms with Crippen LogP contribution in [0.3, 0.4) is 0 Å². The maximum atomic E-state index is 10.6. The van der Waals surface area contributed by atoms with E-state index in [1.807, 2.05) is 61.0 Å². The minimum absolute atomic E-state index is 0.241. The van der Waals surface area contributed by atoms with Crippen LogP contribution in [0, 0.1) is 5.92 Å². The Hall–Kier alpha value is -2.29. The first-order valence-corrected chi connectivity index (χ1v) is 5.36. The predicted octanol–water partition coefficient (Wildman–Crippen LogP) is 1.94. The summed E-state index contributed by atoms with van der Waals surface area (Å²) in [6.45, 7) is 0. The van der Waals surface area contributed by atoms with E-state index in [9.17, 15) is 4.79 Å². The molecule has 1 aliphatic carbocycles. The van der Waals surface area contributed by atoms with Gasteiger partial charge in [0.25, 0.3) is 0 Å². The molecule has 0 radical (unpaired) electrons. The highest BCUT2D eigenvalue weighted by Gasteiger charge is 2.05. The predicted molar refractivity (Wildman–Crippen MR) is 70.7 cm³/mol. The zero-order valence-electron chi connectivity index (χ0n) is 9.49. The molecule has 0 unspecified atom stereocenters. The Morgan fingerprint density at radius 2 is 1.29 bits per heavy atom. The van der Waals surface area contributed by atoms with Crippen molar-refractivity contribution in [1.82, 2.24) is 5.32 Å². The van der Waals surface area contributed by atoms with Crippen molar-refractivity contribution in [2.75, 3.05) is 0 Å². The van der Waals surface area contributed by atoms with Gasteiger partial charge in [0.05, 0.1) is 5.92 Å². The zero-order chi connectivity index (χ0) is 12.3. The van der Waals surface area contributed by atoms with Gasteiger partial charge < -0.3 is 11.1 Å². The van der Waals surface area contributed by atoms with Gasteiger partial charge in [0.2, 0.25) is 5.91 Å². The van der Waals surface area contributed by atoms with Crippen LogP contribution < -0.4 is 11.1 Å². The Morgan fingerprint density at radius 3 is 1.76 bits per heavy atom. The lowest BCUT2D eigenvalue weighted by molar-refractivity contribution is -0.119. The molecule has 0 aromatic carbocycles. The van der Waals surface area contributed by atoms with Gasteiger partial charge in [0.1, 0.15) is 0 Å². The van der Waals surface area contributed by atoms with Crippen molar-refractivity contribution in [1.29, 1.82) is 0 Å². The summed E-state index contributed by atoms with van der Waals surface area (Å²) < 4.78 is 0. The van der Waals surface area contributed by atoms with E-state index in [4.69, 9.17) is 5.73 Å². The molecule has 88 valence electrons. The van der Waals surface area contributed by atoms with E-state index in [0.717, 1.165) is 0 Å². The molecule has 2 rings (SSSR count). The first-order chi connectivity index (χ1) is 8.30. The molecule has 1 heterocycles. The lowest BCUT2D eigenvalue weighted by Gasteiger charge is -1.97. The Bertz CT molecular complexity index is 382. The number of nitrogens with one attached hydrogen (secondary N) is 1. The molecule has 3 heteroatoms. The van der Waals surface area contributed by atoms with Gasteiger partial charge in [-0.2, -0.15) is 0 Å². The third-order valence-electron chi connectivity index (χ3n) is 2.02. The number of amides is 1. The summed E-state index contributed by atoms with van der Waals surface area (Å²) in [6.07, 6.45) is 22.5. The van der Waals surface area contributed by atoms with E-state index in [0.29, 0.717) is 0 Å². The fraction of sp³-hybridized carbons (Fsp3) is 0.0714. The summed E-state index contributed by atoms with van der Waals surface area (Å²) in [4.78, 5) is 10.6. The van der Waals surface area contributed by atoms with Crippen molar-refractivity contribution in [2.45, 2.75) is 0 Å². The molecule has 0 spiro atoms. The zero-order valence-corrected chi connectivity index (χ0v) is 9.49. The third kappa shape index (κ3) is 5.99. The Labute approximate surface area is 101 Å². The Kier molecular flexibility index (Phi) is 5.96. The Balaban J connectivity index is 0.000000181. The highest BCUT2D eigenvalue weighted by atomic mass is 16.1. The van der Waals surface area contributed by atoms with Crippen molar-refractivity contribution in [3.05, 3.63) is 73.2 Å². The molecular formula is C14H16N2O. The average molecular weight is 228 g/mol. The average Bonchev–Trinajstić information content (AvgIpc) is 2.77. The summed E-state index contributed by atoms with van der Waals surface area (Å²) in [5, 5.41) is 2.92. The van der Waals surface area contributed by atoms with Crippen LogP contribution in [0.5, 0.6) is 0 Å². The first kappa shape index (κ1) is 12.8. The van der Waals surface area contributed by atoms with Gasteiger partial charge >= 0.3 is 0 Å². The second kappa shape index (κ2) is 7.93. The van der Waals surface area contributed by atoms with Gasteiger partial charge in [-0.15, -0.1) is 0 Å². The first-order valence-electron chi connectivity index (χ1n) is 5.36. The lowest BCUT2D eigenvalue weighted by atomic mass is 10.1. The largest absolute Gasteiger partial charge is 0.369 e. The van der Waals surface area contributed by atoms with Crippen molar-refractivity contribution >= 4 is 5.91 Å². The van der Waals surface area contributed by atoms with Crippen molar-refractivity contribution in [2.24, 2.45) is 11.7 Å². The molecule has 2 aliphatic rings. The fourth-order valence-corrected chi connectivity index (χ4v) is 1.16. The summed E-state index contributed by atoms with van der Waals surface area (Å²) in [5.41, 5.74) is 5.07. The van der Waals surface area contributed by atoms with E-state index in [1.54, 1.807) is 12.2 Å². The van der Waals surface area contributed by atoms with Gasteiger partial charge in [-0.3, -0.25) is 4.79 Å². The van der Waals surface area contributed by atoms with Crippen LogP contribution in [0.15, 0.2) is 73.2 Å². The topological polar surface area (TPSA) is 55.1 Å². The number of hydrogen-bond acceptors (Lipinski definition) is 2. The summed E-state index contributed by atoms with van der Waals surface area (Å²) in [7, 11) is 0. The number of allylic oxidation sites excluding steroid dienone is 8. The molecule has 3 N–H and O–H groups in total. The van der Waals surface area contributed by atoms with Gasteiger partial charge in [-0.05, 0) is 12.2 Å². The lowest BCUT2D eigenvalue weighted by Crippen LogP contribution is -2.19. The molecule has 0 aromatic rings. The van der Waals surface area contributed by atoms with Crippen molar-refractivity contribution in [3.8, 4) is 0 Å². The second-order valence-corrected chi connectivity index (χ2v) is 3.35. The maximum absolute atomic E-state index is 10.6. The van der Waals surface area contributed by atoms with E-state index in [1.165, 1.54) is 0 Å². The molecule has 0 bridgehead atoms. The molecule has 1 amide bonds. The van der Waals surface area contributed by atoms with Crippen LogP contribution in [0.25, 0.3) is 0 Å². The minimum atomic E-state index is -0.309. The van der Waals surface area contributed by atoms with Crippen LogP contribution in [0.1, 0.15) is 0 Å². The van der Waals surface area contributed by atoms with E-state index < -0.39 is 0 Å². The molecule has 0 fully saturated rings. The van der Waals surface area contributed by atoms with Gasteiger partial charge in [0, 0.05) is 12.4 Å². The molecule has 0 saturated carbocycles. The van der Waals surface area contributed by atoms with Crippen molar-refractivity contribution in [3.63, 3.8) is 0 Å². The number of primary amides is 1. The summed E-state index contributed by atoms with van der Waals surface area (Å²) in [6, 6.07) is 0. The monoisotopic (exact) mass is 228 g/mol. The Morgan fingerprint density at radius 1 is 0.824 bits per heavy atom. The number of carbonyl (C=O) groups excluding carboxylic acids is 1. The van der Waals surface area contributed by atoms with Crippen molar-refractivity contribution < 1.29 is 4.79 Å².